The van der Waals surface area contributed by atoms with Gasteiger partial charge >= 0.3 is 12.0 Å². The largest absolute Gasteiger partial charge is 0.487 e. The molecule has 6 nitrogen and oxygen atoms in total. The van der Waals surface area contributed by atoms with Crippen LogP contribution in [-0.4, -0.2) is 31.3 Å². The summed E-state index contributed by atoms with van der Waals surface area (Å²) in [6, 6.07) is 5.57. The Morgan fingerprint density at radius 3 is 2.90 bits per heavy atom. The Bertz CT molecular complexity index is 953. The van der Waals surface area contributed by atoms with Crippen molar-refractivity contribution in [2.24, 2.45) is 0 Å². The molecule has 0 bridgehead atoms. The first-order valence-corrected chi connectivity index (χ1v) is 11.0. The molecule has 1 aliphatic carbocycles. The van der Waals surface area contributed by atoms with Gasteiger partial charge in [-0.2, -0.15) is 0 Å². The van der Waals surface area contributed by atoms with Crippen molar-refractivity contribution in [2.45, 2.75) is 52.6 Å². The summed E-state index contributed by atoms with van der Waals surface area (Å²) in [5, 5.41) is 3.60. The molecule has 0 spiro atoms. The third-order valence-corrected chi connectivity index (χ3v) is 6.50. The Balaban J connectivity index is 1.66. The van der Waals surface area contributed by atoms with Crippen molar-refractivity contribution in [2.75, 3.05) is 23.4 Å². The molecule has 1 N–H and O–H groups in total. The average Bonchev–Trinajstić information content (AvgIpc) is 3.05. The number of urea groups is 1. The highest BCUT2D eigenvalue weighted by atomic mass is 32.1. The van der Waals surface area contributed by atoms with Crippen molar-refractivity contribution in [3.05, 3.63) is 39.8 Å². The number of rotatable bonds is 3. The summed E-state index contributed by atoms with van der Waals surface area (Å²) in [4.78, 5) is 28.8. The van der Waals surface area contributed by atoms with E-state index in [2.05, 4.69) is 5.32 Å². The number of anilines is 2. The molecular formula is C22H26N2O4S. The Hall–Kier alpha value is -2.54. The molecule has 1 aromatic carbocycles. The number of fused-ring (bicyclic) bond motifs is 2. The minimum absolute atomic E-state index is 0.114. The fraction of sp³-hybridized carbons (Fsp3) is 0.455. The van der Waals surface area contributed by atoms with Crippen LogP contribution < -0.4 is 15.0 Å². The van der Waals surface area contributed by atoms with Crippen LogP contribution in [0.2, 0.25) is 0 Å². The lowest BCUT2D eigenvalue weighted by Gasteiger charge is -2.33. The van der Waals surface area contributed by atoms with E-state index < -0.39 is 0 Å². The van der Waals surface area contributed by atoms with Gasteiger partial charge in [0.25, 0.3) is 0 Å². The normalized spacial score (nSPS) is 17.8. The van der Waals surface area contributed by atoms with Crippen LogP contribution in [-0.2, 0) is 17.6 Å². The third-order valence-electron chi connectivity index (χ3n) is 5.29. The summed E-state index contributed by atoms with van der Waals surface area (Å²) < 4.78 is 11.2. The van der Waals surface area contributed by atoms with Gasteiger partial charge < -0.3 is 9.47 Å². The van der Waals surface area contributed by atoms with Gasteiger partial charge in [0.05, 0.1) is 24.4 Å². The Labute approximate surface area is 174 Å². The maximum absolute atomic E-state index is 13.2. The summed E-state index contributed by atoms with van der Waals surface area (Å²) in [5.74, 6) is 0.342. The van der Waals surface area contributed by atoms with Crippen LogP contribution in [0.25, 0.3) is 0 Å². The highest BCUT2D eigenvalue weighted by molar-refractivity contribution is 7.17. The van der Waals surface area contributed by atoms with E-state index in [1.54, 1.807) is 11.8 Å². The fourth-order valence-corrected chi connectivity index (χ4v) is 5.24. The van der Waals surface area contributed by atoms with Crippen molar-refractivity contribution in [3.8, 4) is 5.75 Å². The number of hydrogen-bond donors (Lipinski definition) is 1. The number of esters is 1. The van der Waals surface area contributed by atoms with Gasteiger partial charge in [-0.25, -0.2) is 9.59 Å². The molecule has 2 aromatic rings. The molecule has 1 aromatic heterocycles. The number of hydrogen-bond acceptors (Lipinski definition) is 5. The van der Waals surface area contributed by atoms with Crippen LogP contribution in [0.15, 0.2) is 18.2 Å². The van der Waals surface area contributed by atoms with Crippen LogP contribution in [0, 0.1) is 6.92 Å². The maximum Gasteiger partial charge on any atom is 0.341 e. The first kappa shape index (κ1) is 19.8. The molecule has 154 valence electrons. The van der Waals surface area contributed by atoms with Gasteiger partial charge in [-0.3, -0.25) is 10.2 Å². The predicted octanol–water partition coefficient (Wildman–Crippen LogP) is 4.93. The molecule has 2 aliphatic rings. The van der Waals surface area contributed by atoms with E-state index in [0.717, 1.165) is 42.5 Å². The van der Waals surface area contributed by atoms with Crippen molar-refractivity contribution in [1.82, 2.24) is 0 Å². The van der Waals surface area contributed by atoms with E-state index in [-0.39, 0.29) is 18.1 Å². The smallest absolute Gasteiger partial charge is 0.341 e. The van der Waals surface area contributed by atoms with Crippen molar-refractivity contribution >= 4 is 34.0 Å². The number of amides is 2. The molecule has 1 unspecified atom stereocenters. The van der Waals surface area contributed by atoms with E-state index in [0.29, 0.717) is 29.5 Å². The minimum atomic E-state index is -0.353. The SMILES string of the molecule is CCOC(=O)c1c(NC(=O)N2CC(C)Oc3ccc(C)cc32)sc2c1CCCC2. The van der Waals surface area contributed by atoms with Gasteiger partial charge in [-0.15, -0.1) is 11.3 Å². The molecule has 0 saturated carbocycles. The number of carbonyl (C=O) groups excluding carboxylic acids is 2. The Kier molecular flexibility index (Phi) is 5.50. The van der Waals surface area contributed by atoms with E-state index in [1.165, 1.54) is 16.2 Å². The maximum atomic E-state index is 13.2. The number of benzene rings is 1. The topological polar surface area (TPSA) is 67.9 Å². The van der Waals surface area contributed by atoms with Crippen LogP contribution in [0.1, 0.15) is 53.1 Å². The van der Waals surface area contributed by atoms with Crippen molar-refractivity contribution in [1.29, 1.82) is 0 Å². The monoisotopic (exact) mass is 414 g/mol. The summed E-state index contributed by atoms with van der Waals surface area (Å²) in [6.07, 6.45) is 3.84. The molecule has 1 aliphatic heterocycles. The first-order chi connectivity index (χ1) is 14.0. The number of nitrogens with one attached hydrogen (secondary N) is 1. The van der Waals surface area contributed by atoms with Crippen molar-refractivity contribution < 1.29 is 19.1 Å². The summed E-state index contributed by atoms with van der Waals surface area (Å²) >= 11 is 1.50. The second kappa shape index (κ2) is 8.06. The molecule has 1 atom stereocenters. The summed E-state index contributed by atoms with van der Waals surface area (Å²) in [7, 11) is 0. The highest BCUT2D eigenvalue weighted by Gasteiger charge is 2.31. The number of nitrogens with zero attached hydrogens (tertiary/aromatic N) is 1. The van der Waals surface area contributed by atoms with E-state index in [9.17, 15) is 9.59 Å². The zero-order valence-corrected chi connectivity index (χ0v) is 17.9. The molecule has 29 heavy (non-hydrogen) atoms. The van der Waals surface area contributed by atoms with Crippen LogP contribution in [0.5, 0.6) is 5.75 Å². The molecular weight excluding hydrogens is 388 g/mol. The van der Waals surface area contributed by atoms with Crippen LogP contribution >= 0.6 is 11.3 Å². The minimum Gasteiger partial charge on any atom is -0.487 e. The number of carbonyl (C=O) groups is 2. The second-order valence-corrected chi connectivity index (χ2v) is 8.68. The predicted molar refractivity (Wildman–Crippen MR) is 115 cm³/mol. The molecule has 0 saturated heterocycles. The molecule has 7 heteroatoms. The van der Waals surface area contributed by atoms with E-state index in [1.807, 2.05) is 32.0 Å². The molecule has 0 fully saturated rings. The van der Waals surface area contributed by atoms with Gasteiger partial charge in [0.2, 0.25) is 0 Å². The zero-order valence-electron chi connectivity index (χ0n) is 17.0. The molecule has 2 amide bonds. The second-order valence-electron chi connectivity index (χ2n) is 7.58. The molecule has 0 radical (unpaired) electrons. The lowest BCUT2D eigenvalue weighted by Crippen LogP contribution is -2.44. The van der Waals surface area contributed by atoms with Gasteiger partial charge in [0.15, 0.2) is 0 Å². The summed E-state index contributed by atoms with van der Waals surface area (Å²) in [6.45, 7) is 6.48. The van der Waals surface area contributed by atoms with Crippen LogP contribution in [0.3, 0.4) is 0 Å². The van der Waals surface area contributed by atoms with Crippen molar-refractivity contribution in [3.63, 3.8) is 0 Å². The third kappa shape index (κ3) is 3.83. The molecule has 2 heterocycles. The van der Waals surface area contributed by atoms with Gasteiger partial charge in [0.1, 0.15) is 16.9 Å². The zero-order chi connectivity index (χ0) is 20.5. The quantitative estimate of drug-likeness (QED) is 0.723. The Morgan fingerprint density at radius 2 is 2.10 bits per heavy atom. The Morgan fingerprint density at radius 1 is 1.31 bits per heavy atom. The lowest BCUT2D eigenvalue weighted by molar-refractivity contribution is 0.0526. The van der Waals surface area contributed by atoms with E-state index in [4.69, 9.17) is 9.47 Å². The number of aryl methyl sites for hydroxylation is 2. The first-order valence-electron chi connectivity index (χ1n) is 10.2. The lowest BCUT2D eigenvalue weighted by atomic mass is 9.95. The highest BCUT2D eigenvalue weighted by Crippen LogP contribution is 2.40. The fourth-order valence-electron chi connectivity index (χ4n) is 3.98. The van der Waals surface area contributed by atoms with Crippen LogP contribution in [0.4, 0.5) is 15.5 Å². The number of thiophene rings is 1. The summed E-state index contributed by atoms with van der Waals surface area (Å²) in [5.41, 5.74) is 3.38. The average molecular weight is 415 g/mol. The van der Waals surface area contributed by atoms with Gasteiger partial charge in [-0.05, 0) is 69.7 Å². The van der Waals surface area contributed by atoms with Gasteiger partial charge in [0, 0.05) is 4.88 Å². The van der Waals surface area contributed by atoms with E-state index >= 15 is 0 Å². The number of ether oxygens (including phenoxy) is 2. The standard InChI is InChI=1S/C22H26N2O4S/c1-4-27-21(25)19-15-7-5-6-8-18(15)29-20(19)23-22(26)24-12-14(3)28-17-10-9-13(2)11-16(17)24/h9-11,14H,4-8,12H2,1-3H3,(H,23,26). The molecule has 4 rings (SSSR count). The van der Waals surface area contributed by atoms with Gasteiger partial charge in [-0.1, -0.05) is 6.07 Å².